The molecular formula is C20H19NO7. The van der Waals surface area contributed by atoms with E-state index in [0.717, 1.165) is 0 Å². The first-order chi connectivity index (χ1) is 13.6. The van der Waals surface area contributed by atoms with Crippen molar-refractivity contribution in [3.8, 4) is 5.75 Å². The van der Waals surface area contributed by atoms with Gasteiger partial charge in [0.1, 0.15) is 17.9 Å². The number of amides is 1. The monoisotopic (exact) mass is 385 g/mol. The Balaban J connectivity index is 1.50. The zero-order chi connectivity index (χ0) is 19.9. The lowest BCUT2D eigenvalue weighted by Crippen LogP contribution is -2.24. The highest BCUT2D eigenvalue weighted by Gasteiger charge is 2.11. The molecule has 1 amide bonds. The predicted molar refractivity (Wildman–Crippen MR) is 99.1 cm³/mol. The molecule has 0 atom stereocenters. The van der Waals surface area contributed by atoms with Gasteiger partial charge in [0, 0.05) is 36.0 Å². The van der Waals surface area contributed by atoms with E-state index in [-0.39, 0.29) is 24.7 Å². The fourth-order valence-electron chi connectivity index (χ4n) is 2.62. The van der Waals surface area contributed by atoms with E-state index in [1.165, 1.54) is 19.4 Å². The summed E-state index contributed by atoms with van der Waals surface area (Å²) in [4.78, 5) is 35.4. The van der Waals surface area contributed by atoms with Crippen LogP contribution in [0, 0.1) is 0 Å². The van der Waals surface area contributed by atoms with Crippen LogP contribution in [0.3, 0.4) is 0 Å². The second-order valence-electron chi connectivity index (χ2n) is 5.95. The average Bonchev–Trinajstić information content (AvgIpc) is 3.23. The normalized spacial score (nSPS) is 10.6. The van der Waals surface area contributed by atoms with Gasteiger partial charge in [-0.1, -0.05) is 0 Å². The van der Waals surface area contributed by atoms with Crippen molar-refractivity contribution in [1.29, 1.82) is 0 Å². The van der Waals surface area contributed by atoms with Gasteiger partial charge in [-0.2, -0.15) is 0 Å². The number of hydrogen-bond acceptors (Lipinski definition) is 7. The molecule has 0 radical (unpaired) electrons. The highest BCUT2D eigenvalue weighted by atomic mass is 16.5. The Morgan fingerprint density at radius 1 is 1.18 bits per heavy atom. The van der Waals surface area contributed by atoms with Gasteiger partial charge in [-0.25, -0.2) is 4.79 Å². The molecule has 0 unspecified atom stereocenters. The van der Waals surface area contributed by atoms with E-state index in [0.29, 0.717) is 35.2 Å². The molecular weight excluding hydrogens is 366 g/mol. The molecule has 0 bridgehead atoms. The molecule has 1 N–H and O–H groups in total. The average molecular weight is 385 g/mol. The maximum absolute atomic E-state index is 11.9. The molecule has 2 heterocycles. The van der Waals surface area contributed by atoms with E-state index >= 15 is 0 Å². The molecule has 28 heavy (non-hydrogen) atoms. The Morgan fingerprint density at radius 2 is 2.04 bits per heavy atom. The lowest BCUT2D eigenvalue weighted by Gasteiger charge is -2.08. The van der Waals surface area contributed by atoms with Crippen LogP contribution in [0.5, 0.6) is 5.75 Å². The Morgan fingerprint density at radius 3 is 2.79 bits per heavy atom. The first-order valence-corrected chi connectivity index (χ1v) is 8.65. The van der Waals surface area contributed by atoms with E-state index in [1.807, 2.05) is 0 Å². The predicted octanol–water partition coefficient (Wildman–Crippen LogP) is 2.65. The van der Waals surface area contributed by atoms with E-state index in [1.54, 1.807) is 30.3 Å². The Hall–Kier alpha value is -3.55. The number of furan rings is 1. The summed E-state index contributed by atoms with van der Waals surface area (Å²) in [6.45, 7) is 0.262. The van der Waals surface area contributed by atoms with Crippen LogP contribution in [0.15, 0.2) is 56.3 Å². The van der Waals surface area contributed by atoms with Gasteiger partial charge in [-0.15, -0.1) is 0 Å². The van der Waals surface area contributed by atoms with Crippen LogP contribution in [0.2, 0.25) is 0 Å². The summed E-state index contributed by atoms with van der Waals surface area (Å²) in [6.07, 6.45) is 1.96. The maximum Gasteiger partial charge on any atom is 0.336 e. The third-order valence-electron chi connectivity index (χ3n) is 4.01. The zero-order valence-electron chi connectivity index (χ0n) is 15.2. The number of benzene rings is 1. The van der Waals surface area contributed by atoms with Crippen molar-refractivity contribution in [2.45, 2.75) is 19.4 Å². The summed E-state index contributed by atoms with van der Waals surface area (Å²) in [5.41, 5.74) is 0.374. The number of ether oxygens (including phenoxy) is 2. The molecule has 1 aromatic carbocycles. The van der Waals surface area contributed by atoms with E-state index in [9.17, 15) is 14.4 Å². The minimum absolute atomic E-state index is 0.0496. The molecule has 8 nitrogen and oxygen atoms in total. The van der Waals surface area contributed by atoms with Crippen LogP contribution in [-0.2, 0) is 16.1 Å². The van der Waals surface area contributed by atoms with E-state index < -0.39 is 11.6 Å². The fourth-order valence-corrected chi connectivity index (χ4v) is 2.62. The highest BCUT2D eigenvalue weighted by molar-refractivity contribution is 5.91. The lowest BCUT2D eigenvalue weighted by atomic mass is 10.1. The first-order valence-electron chi connectivity index (χ1n) is 8.65. The summed E-state index contributed by atoms with van der Waals surface area (Å²) < 4.78 is 20.5. The summed E-state index contributed by atoms with van der Waals surface area (Å²) in [6, 6.07) is 9.55. The van der Waals surface area contributed by atoms with Gasteiger partial charge in [-0.05, 0) is 30.7 Å². The molecule has 3 aromatic rings. The van der Waals surface area contributed by atoms with Crippen molar-refractivity contribution >= 4 is 22.8 Å². The Labute approximate surface area is 160 Å². The Bertz CT molecular complexity index is 1020. The van der Waals surface area contributed by atoms with Crippen molar-refractivity contribution in [2.24, 2.45) is 0 Å². The van der Waals surface area contributed by atoms with Gasteiger partial charge >= 0.3 is 11.6 Å². The molecule has 0 aliphatic rings. The minimum atomic E-state index is -0.535. The molecule has 146 valence electrons. The van der Waals surface area contributed by atoms with E-state index in [4.69, 9.17) is 18.3 Å². The van der Waals surface area contributed by atoms with Crippen molar-refractivity contribution in [2.75, 3.05) is 13.7 Å². The van der Waals surface area contributed by atoms with Gasteiger partial charge in [0.2, 0.25) is 0 Å². The molecule has 2 aromatic heterocycles. The van der Waals surface area contributed by atoms with Crippen LogP contribution in [0.25, 0.3) is 11.0 Å². The van der Waals surface area contributed by atoms with Crippen LogP contribution in [0.1, 0.15) is 29.0 Å². The molecule has 0 aliphatic heterocycles. The quantitative estimate of drug-likeness (QED) is 0.361. The number of carbonyl (C=O) groups is 2. The standard InChI is InChI=1S/C20H19NO7/c1-25-14-6-7-15-13(10-19(23)28-17(15)11-14)12-27-18(22)5-2-8-21-20(24)16-4-3-9-26-16/h3-4,6-7,9-11H,2,5,8,12H2,1H3,(H,21,24). The van der Waals surface area contributed by atoms with Gasteiger partial charge < -0.3 is 23.6 Å². The van der Waals surface area contributed by atoms with Gasteiger partial charge in [0.05, 0.1) is 13.4 Å². The number of rotatable bonds is 8. The largest absolute Gasteiger partial charge is 0.497 e. The van der Waals surface area contributed by atoms with Crippen LogP contribution < -0.4 is 15.7 Å². The SMILES string of the molecule is COc1ccc2c(COC(=O)CCCNC(=O)c3ccco3)cc(=O)oc2c1. The number of fused-ring (bicyclic) bond motifs is 1. The molecule has 8 heteroatoms. The fraction of sp³-hybridized carbons (Fsp3) is 0.250. The van der Waals surface area contributed by atoms with Crippen LogP contribution >= 0.6 is 0 Å². The third kappa shape index (κ3) is 4.79. The number of methoxy groups -OCH3 is 1. The second-order valence-corrected chi connectivity index (χ2v) is 5.95. The number of esters is 1. The molecule has 0 spiro atoms. The second kappa shape index (κ2) is 8.90. The Kier molecular flexibility index (Phi) is 6.11. The van der Waals surface area contributed by atoms with Crippen molar-refractivity contribution < 1.29 is 27.9 Å². The summed E-state index contributed by atoms with van der Waals surface area (Å²) in [7, 11) is 1.52. The molecule has 3 rings (SSSR count). The summed E-state index contributed by atoms with van der Waals surface area (Å²) >= 11 is 0. The minimum Gasteiger partial charge on any atom is -0.497 e. The molecule has 0 saturated heterocycles. The van der Waals surface area contributed by atoms with Gasteiger partial charge in [0.15, 0.2) is 5.76 Å². The van der Waals surface area contributed by atoms with Crippen molar-refractivity contribution in [3.05, 3.63) is 64.4 Å². The molecule has 0 saturated carbocycles. The van der Waals surface area contributed by atoms with Crippen LogP contribution in [-0.4, -0.2) is 25.5 Å². The van der Waals surface area contributed by atoms with Gasteiger partial charge in [0.25, 0.3) is 5.91 Å². The van der Waals surface area contributed by atoms with Crippen LogP contribution in [0.4, 0.5) is 0 Å². The van der Waals surface area contributed by atoms with Crippen molar-refractivity contribution in [1.82, 2.24) is 5.32 Å². The number of hydrogen-bond donors (Lipinski definition) is 1. The lowest BCUT2D eigenvalue weighted by molar-refractivity contribution is -0.145. The number of carbonyl (C=O) groups excluding carboxylic acids is 2. The summed E-state index contributed by atoms with van der Waals surface area (Å²) in [5.74, 6) is 0.00816. The zero-order valence-corrected chi connectivity index (χ0v) is 15.2. The smallest absolute Gasteiger partial charge is 0.336 e. The highest BCUT2D eigenvalue weighted by Crippen LogP contribution is 2.23. The molecule has 0 fully saturated rings. The maximum atomic E-state index is 11.9. The van der Waals surface area contributed by atoms with Gasteiger partial charge in [-0.3, -0.25) is 9.59 Å². The molecule has 0 aliphatic carbocycles. The topological polar surface area (TPSA) is 108 Å². The van der Waals surface area contributed by atoms with E-state index in [2.05, 4.69) is 5.32 Å². The third-order valence-corrected chi connectivity index (χ3v) is 4.01. The summed E-state index contributed by atoms with van der Waals surface area (Å²) in [5, 5.41) is 3.32. The first kappa shape index (κ1) is 19.2. The van der Waals surface area contributed by atoms with Crippen molar-refractivity contribution in [3.63, 3.8) is 0 Å². The number of nitrogens with one attached hydrogen (secondary N) is 1.